The van der Waals surface area contributed by atoms with Gasteiger partial charge >= 0.3 is 0 Å². The van der Waals surface area contributed by atoms with Crippen molar-refractivity contribution in [2.75, 3.05) is 0 Å². The van der Waals surface area contributed by atoms with Gasteiger partial charge in [-0.25, -0.2) is 9.97 Å². The molecule has 0 bridgehead atoms. The largest absolute Gasteiger partial charge is 0.472 e. The third kappa shape index (κ3) is 6.51. The maximum atomic E-state index is 6.85. The predicted octanol–water partition coefficient (Wildman–Crippen LogP) is 12.6. The molecule has 7 heteroatoms. The van der Waals surface area contributed by atoms with Gasteiger partial charge in [-0.3, -0.25) is 4.98 Å². The number of aryl methyl sites for hydroxylation is 1. The van der Waals surface area contributed by atoms with Crippen molar-refractivity contribution in [2.45, 2.75) is 86.5 Å². The third-order valence-corrected chi connectivity index (χ3v) is 9.58. The maximum absolute atomic E-state index is 6.85. The standard InChI is InChI=1S/C45H44N3O3.Pt/c1-25-17-36(51-37-23-29(45(8,9)10)22-33(47-37)32-21-28(15-16-46-32)44(5,6)7)48-40-31-20-27-13-11-12-14-30(27)42-38(31)39-34(49-41(25)40)18-26(19-35(39)50-42)24-43(2,3)4;/h11-19,21-23H,24H2,1-10H3;/q-1;. The van der Waals surface area contributed by atoms with Crippen LogP contribution in [-0.4, -0.2) is 15.0 Å². The van der Waals surface area contributed by atoms with Crippen LogP contribution in [0.4, 0.5) is 0 Å². The van der Waals surface area contributed by atoms with Crippen molar-refractivity contribution in [3.05, 3.63) is 101 Å². The Bertz CT molecular complexity index is 2660. The molecule has 5 heterocycles. The minimum absolute atomic E-state index is 0. The second-order valence-corrected chi connectivity index (χ2v) is 17.2. The number of furan rings is 1. The number of aromatic nitrogens is 3. The summed E-state index contributed by atoms with van der Waals surface area (Å²) in [7, 11) is 0. The van der Waals surface area contributed by atoms with Crippen molar-refractivity contribution < 1.29 is 34.6 Å². The van der Waals surface area contributed by atoms with Gasteiger partial charge in [-0.15, -0.1) is 17.5 Å². The van der Waals surface area contributed by atoms with Gasteiger partial charge in [-0.2, -0.15) is 0 Å². The first-order chi connectivity index (χ1) is 24.0. The van der Waals surface area contributed by atoms with E-state index in [2.05, 4.69) is 111 Å². The van der Waals surface area contributed by atoms with Gasteiger partial charge in [-0.05, 0) is 92.9 Å². The molecule has 6 nitrogen and oxygen atoms in total. The monoisotopic (exact) mass is 869 g/mol. The van der Waals surface area contributed by atoms with Crippen LogP contribution in [0.2, 0.25) is 0 Å². The molecule has 8 rings (SSSR count). The Hall–Kier alpha value is -4.54. The van der Waals surface area contributed by atoms with Crippen molar-refractivity contribution in [3.63, 3.8) is 0 Å². The van der Waals surface area contributed by atoms with Crippen LogP contribution in [0.1, 0.15) is 84.6 Å². The molecule has 0 radical (unpaired) electrons. The van der Waals surface area contributed by atoms with E-state index in [-0.39, 0.29) is 37.3 Å². The normalized spacial score (nSPS) is 12.7. The van der Waals surface area contributed by atoms with Crippen LogP contribution < -0.4 is 4.74 Å². The summed E-state index contributed by atoms with van der Waals surface area (Å²) >= 11 is 0. The zero-order valence-corrected chi connectivity index (χ0v) is 33.8. The first-order valence-electron chi connectivity index (χ1n) is 17.7. The number of rotatable bonds is 4. The Morgan fingerprint density at radius 2 is 1.35 bits per heavy atom. The van der Waals surface area contributed by atoms with Gasteiger partial charge < -0.3 is 13.6 Å². The third-order valence-electron chi connectivity index (χ3n) is 9.58. The number of hydrogen-bond donors (Lipinski definition) is 0. The van der Waals surface area contributed by atoms with Crippen LogP contribution in [0.3, 0.4) is 0 Å². The summed E-state index contributed by atoms with van der Waals surface area (Å²) < 4.78 is 20.2. The number of hydrogen-bond acceptors (Lipinski definition) is 6. The Balaban J connectivity index is 0.00000420. The van der Waals surface area contributed by atoms with Gasteiger partial charge in [0.25, 0.3) is 0 Å². The summed E-state index contributed by atoms with van der Waals surface area (Å²) in [5.74, 6) is 0.875. The van der Waals surface area contributed by atoms with Gasteiger partial charge in [0, 0.05) is 44.8 Å². The molecule has 0 N–H and O–H groups in total. The predicted molar refractivity (Wildman–Crippen MR) is 208 cm³/mol. The minimum atomic E-state index is -0.154. The van der Waals surface area contributed by atoms with E-state index < -0.39 is 0 Å². The fourth-order valence-corrected chi connectivity index (χ4v) is 6.99. The molecule has 0 spiro atoms. The Morgan fingerprint density at radius 3 is 2.04 bits per heavy atom. The van der Waals surface area contributed by atoms with Gasteiger partial charge in [0.2, 0.25) is 11.8 Å². The van der Waals surface area contributed by atoms with E-state index in [0.29, 0.717) is 22.9 Å². The van der Waals surface area contributed by atoms with Gasteiger partial charge in [0.15, 0.2) is 0 Å². The summed E-state index contributed by atoms with van der Waals surface area (Å²) in [4.78, 5) is 14.9. The topological polar surface area (TPSA) is 74.2 Å². The molecule has 0 amide bonds. The molecule has 5 aromatic heterocycles. The maximum Gasteiger partial charge on any atom is 0.222 e. The molecule has 3 aromatic carbocycles. The van der Waals surface area contributed by atoms with E-state index in [1.807, 2.05) is 37.4 Å². The van der Waals surface area contributed by atoms with Crippen LogP contribution >= 0.6 is 0 Å². The zero-order chi connectivity index (χ0) is 36.0. The molecule has 0 aliphatic heterocycles. The summed E-state index contributed by atoms with van der Waals surface area (Å²) in [6.45, 7) is 21.9. The molecule has 0 aliphatic rings. The van der Waals surface area contributed by atoms with Crippen LogP contribution in [0.25, 0.3) is 66.2 Å². The average Bonchev–Trinajstić information content (AvgIpc) is 3.37. The molecule has 8 aromatic rings. The van der Waals surface area contributed by atoms with Crippen LogP contribution in [0.5, 0.6) is 11.8 Å². The fraction of sp³-hybridized carbons (Fsp3) is 0.311. The average molecular weight is 870 g/mol. The van der Waals surface area contributed by atoms with Crippen molar-refractivity contribution >= 4 is 54.8 Å². The van der Waals surface area contributed by atoms with Gasteiger partial charge in [0.05, 0.1) is 22.5 Å². The SMILES string of the molecule is Cc1cc(Oc2cc(C(C)(C)C)cc(-c3cc(C(C)(C)C)ccn3)n2)nc2c1oc1cc(CC(C)(C)C)cc3oc4c5ccccc5[c-]c2c4c13.[Pt]. The summed E-state index contributed by atoms with van der Waals surface area (Å²) in [5, 5.41) is 4.66. The number of pyridine rings is 3. The molecule has 0 fully saturated rings. The first-order valence-corrected chi connectivity index (χ1v) is 17.7. The van der Waals surface area contributed by atoms with E-state index in [1.165, 1.54) is 5.56 Å². The van der Waals surface area contributed by atoms with E-state index >= 15 is 0 Å². The van der Waals surface area contributed by atoms with Crippen molar-refractivity contribution in [2.24, 2.45) is 5.41 Å². The van der Waals surface area contributed by atoms with Crippen LogP contribution in [0.15, 0.2) is 81.8 Å². The molecular weight excluding hydrogens is 826 g/mol. The molecule has 0 saturated heterocycles. The number of ether oxygens (including phenoxy) is 1. The number of benzene rings is 3. The molecule has 0 atom stereocenters. The van der Waals surface area contributed by atoms with Gasteiger partial charge in [-0.1, -0.05) is 85.9 Å². The number of fused-ring (bicyclic) bond motifs is 4. The second kappa shape index (κ2) is 12.6. The minimum Gasteiger partial charge on any atom is -0.472 e. The zero-order valence-electron chi connectivity index (χ0n) is 31.5. The van der Waals surface area contributed by atoms with Crippen molar-refractivity contribution in [3.8, 4) is 23.1 Å². The smallest absolute Gasteiger partial charge is 0.222 e. The Kier molecular flexibility index (Phi) is 8.65. The summed E-state index contributed by atoms with van der Waals surface area (Å²) in [6.07, 6.45) is 2.74. The van der Waals surface area contributed by atoms with Gasteiger partial charge in [0.1, 0.15) is 16.7 Å². The summed E-state index contributed by atoms with van der Waals surface area (Å²) in [6, 6.07) is 26.5. The molecule has 0 aliphatic carbocycles. The van der Waals surface area contributed by atoms with Crippen LogP contribution in [-0.2, 0) is 38.3 Å². The fourth-order valence-electron chi connectivity index (χ4n) is 6.99. The Labute approximate surface area is 319 Å². The van der Waals surface area contributed by atoms with Crippen molar-refractivity contribution in [1.82, 2.24) is 15.0 Å². The second-order valence-electron chi connectivity index (χ2n) is 17.2. The Morgan fingerprint density at radius 1 is 0.692 bits per heavy atom. The molecular formula is C45H44N3O3Pt-. The first kappa shape index (κ1) is 35.8. The number of nitrogens with zero attached hydrogens (tertiary/aromatic N) is 3. The molecule has 268 valence electrons. The quantitative estimate of drug-likeness (QED) is 0.164. The molecule has 0 saturated carbocycles. The van der Waals surface area contributed by atoms with Crippen LogP contribution in [0, 0.1) is 18.4 Å². The van der Waals surface area contributed by atoms with E-state index in [4.69, 9.17) is 28.5 Å². The van der Waals surface area contributed by atoms with E-state index in [1.54, 1.807) is 0 Å². The molecule has 0 unspecified atom stereocenters. The van der Waals surface area contributed by atoms with Crippen molar-refractivity contribution in [1.29, 1.82) is 0 Å². The molecule has 52 heavy (non-hydrogen) atoms. The van der Waals surface area contributed by atoms with E-state index in [0.717, 1.165) is 78.2 Å². The summed E-state index contributed by atoms with van der Waals surface area (Å²) in [5.41, 5.74) is 9.52. The van der Waals surface area contributed by atoms with E-state index in [9.17, 15) is 0 Å².